The normalized spacial score (nSPS) is 15.1. The number of non-ortho nitro benzene ring substituents is 1. The smallest absolute Gasteiger partial charge is 0.258 e. The van der Waals surface area contributed by atoms with E-state index in [1.54, 1.807) is 12.1 Å². The van der Waals surface area contributed by atoms with Crippen LogP contribution < -0.4 is 5.01 Å². The number of anilines is 1. The van der Waals surface area contributed by atoms with Crippen molar-refractivity contribution in [3.05, 3.63) is 128 Å². The number of hydrazone groups is 1. The molecule has 9 heteroatoms. The molecule has 1 aliphatic rings. The number of hydrogen-bond donors (Lipinski definition) is 0. The molecule has 1 atom stereocenters. The fraction of sp³-hybridized carbons (Fsp3) is 0.0690. The van der Waals surface area contributed by atoms with Crippen LogP contribution in [0, 0.1) is 10.1 Å². The third kappa shape index (κ3) is 4.53. The second-order valence-electron chi connectivity index (χ2n) is 8.84. The monoisotopic (exact) mass is 583 g/mol. The Morgan fingerprint density at radius 1 is 0.895 bits per heavy atom. The molecule has 1 unspecified atom stereocenters. The summed E-state index contributed by atoms with van der Waals surface area (Å²) in [7, 11) is 0. The zero-order valence-electron chi connectivity index (χ0n) is 19.8. The summed E-state index contributed by atoms with van der Waals surface area (Å²) in [5, 5.41) is 19.5. The van der Waals surface area contributed by atoms with Gasteiger partial charge in [0.2, 0.25) is 5.95 Å². The molecular formula is C29H19BrClN5O2. The van der Waals surface area contributed by atoms with Gasteiger partial charge in [0.15, 0.2) is 0 Å². The van der Waals surface area contributed by atoms with E-state index in [1.165, 1.54) is 12.1 Å². The van der Waals surface area contributed by atoms with Crippen molar-refractivity contribution in [2.75, 3.05) is 5.01 Å². The molecule has 0 bridgehead atoms. The standard InChI is InChI=1S/C29H19BrClN5O2/c30-20-12-15-25-23(16-20)28(19-6-2-1-3-7-19)33-29(32-25)35-27(22-8-4-5-9-24(22)31)17-26(34-35)18-10-13-21(14-11-18)36(37)38/h1-16,27H,17H2. The average molecular weight is 585 g/mol. The predicted octanol–water partition coefficient (Wildman–Crippen LogP) is 7.98. The van der Waals surface area contributed by atoms with Gasteiger partial charge in [0.05, 0.1) is 27.9 Å². The van der Waals surface area contributed by atoms with Crippen LogP contribution in [0.2, 0.25) is 5.02 Å². The van der Waals surface area contributed by atoms with Crippen molar-refractivity contribution in [1.29, 1.82) is 0 Å². The molecular weight excluding hydrogens is 566 g/mol. The van der Waals surface area contributed by atoms with Crippen molar-refractivity contribution in [3.8, 4) is 11.3 Å². The number of hydrogen-bond acceptors (Lipinski definition) is 6. The first-order chi connectivity index (χ1) is 18.5. The van der Waals surface area contributed by atoms with Crippen LogP contribution >= 0.6 is 27.5 Å². The molecule has 186 valence electrons. The van der Waals surface area contributed by atoms with E-state index in [4.69, 9.17) is 26.7 Å². The summed E-state index contributed by atoms with van der Waals surface area (Å²) in [5.41, 5.74) is 5.04. The molecule has 0 radical (unpaired) electrons. The van der Waals surface area contributed by atoms with Crippen LogP contribution in [-0.2, 0) is 0 Å². The Bertz CT molecular complexity index is 1710. The highest BCUT2D eigenvalue weighted by molar-refractivity contribution is 9.10. The summed E-state index contributed by atoms with van der Waals surface area (Å²) in [6.07, 6.45) is 0.532. The first-order valence-electron chi connectivity index (χ1n) is 11.9. The van der Waals surface area contributed by atoms with Gasteiger partial charge in [-0.2, -0.15) is 5.10 Å². The Kier molecular flexibility index (Phi) is 6.35. The van der Waals surface area contributed by atoms with Gasteiger partial charge in [-0.1, -0.05) is 76.1 Å². The van der Waals surface area contributed by atoms with Gasteiger partial charge in [-0.25, -0.2) is 15.0 Å². The lowest BCUT2D eigenvalue weighted by Crippen LogP contribution is -2.21. The number of aromatic nitrogens is 2. The number of benzene rings is 4. The molecule has 0 amide bonds. The van der Waals surface area contributed by atoms with E-state index in [0.29, 0.717) is 17.4 Å². The minimum absolute atomic E-state index is 0.0309. The lowest BCUT2D eigenvalue weighted by Gasteiger charge is -2.23. The van der Waals surface area contributed by atoms with Crippen molar-refractivity contribution in [2.24, 2.45) is 5.10 Å². The van der Waals surface area contributed by atoms with Crippen LogP contribution in [-0.4, -0.2) is 20.6 Å². The molecule has 0 fully saturated rings. The minimum Gasteiger partial charge on any atom is -0.258 e. The van der Waals surface area contributed by atoms with Crippen LogP contribution in [0.25, 0.3) is 22.2 Å². The summed E-state index contributed by atoms with van der Waals surface area (Å²) in [4.78, 5) is 20.7. The third-order valence-electron chi connectivity index (χ3n) is 6.48. The molecule has 6 rings (SSSR count). The molecule has 5 aromatic rings. The minimum atomic E-state index is -0.411. The Hall–Kier alpha value is -4.14. The maximum Gasteiger partial charge on any atom is 0.269 e. The molecule has 0 spiro atoms. The summed E-state index contributed by atoms with van der Waals surface area (Å²) in [5.74, 6) is 0.445. The fourth-order valence-electron chi connectivity index (χ4n) is 4.64. The highest BCUT2D eigenvalue weighted by Crippen LogP contribution is 2.40. The first kappa shape index (κ1) is 24.2. The van der Waals surface area contributed by atoms with Crippen LogP contribution in [0.3, 0.4) is 0 Å². The number of nitrogens with zero attached hydrogens (tertiary/aromatic N) is 5. The van der Waals surface area contributed by atoms with E-state index in [9.17, 15) is 10.1 Å². The Morgan fingerprint density at radius 3 is 2.37 bits per heavy atom. The van der Waals surface area contributed by atoms with Gasteiger partial charge in [0, 0.05) is 39.0 Å². The second kappa shape index (κ2) is 9.96. The maximum absolute atomic E-state index is 11.2. The average Bonchev–Trinajstić information content (AvgIpc) is 3.38. The zero-order chi connectivity index (χ0) is 26.2. The van der Waals surface area contributed by atoms with E-state index in [1.807, 2.05) is 77.8 Å². The van der Waals surface area contributed by atoms with Crippen LogP contribution in [0.4, 0.5) is 11.6 Å². The van der Waals surface area contributed by atoms with Gasteiger partial charge >= 0.3 is 0 Å². The van der Waals surface area contributed by atoms with Crippen molar-refractivity contribution in [3.63, 3.8) is 0 Å². The Morgan fingerprint density at radius 2 is 1.63 bits per heavy atom. The molecule has 4 aromatic carbocycles. The van der Waals surface area contributed by atoms with Crippen molar-refractivity contribution >= 4 is 55.8 Å². The molecule has 38 heavy (non-hydrogen) atoms. The summed E-state index contributed by atoms with van der Waals surface area (Å²) in [6, 6.07) is 29.7. The summed E-state index contributed by atoms with van der Waals surface area (Å²) in [6.45, 7) is 0. The van der Waals surface area contributed by atoms with E-state index in [-0.39, 0.29) is 11.7 Å². The van der Waals surface area contributed by atoms with Gasteiger partial charge in [0.1, 0.15) is 0 Å². The molecule has 0 N–H and O–H groups in total. The predicted molar refractivity (Wildman–Crippen MR) is 154 cm³/mol. The topological polar surface area (TPSA) is 84.5 Å². The zero-order valence-corrected chi connectivity index (χ0v) is 22.2. The lowest BCUT2D eigenvalue weighted by molar-refractivity contribution is -0.384. The molecule has 0 aliphatic carbocycles. The highest BCUT2D eigenvalue weighted by Gasteiger charge is 2.33. The van der Waals surface area contributed by atoms with Gasteiger partial charge in [-0.15, -0.1) is 0 Å². The molecule has 1 aromatic heterocycles. The van der Waals surface area contributed by atoms with Crippen molar-refractivity contribution < 1.29 is 4.92 Å². The van der Waals surface area contributed by atoms with Crippen molar-refractivity contribution in [1.82, 2.24) is 9.97 Å². The van der Waals surface area contributed by atoms with Crippen LogP contribution in [0.5, 0.6) is 0 Å². The Balaban J connectivity index is 1.53. The highest BCUT2D eigenvalue weighted by atomic mass is 79.9. The molecule has 0 saturated heterocycles. The number of nitro groups is 1. The number of fused-ring (bicyclic) bond motifs is 1. The van der Waals surface area contributed by atoms with E-state index in [2.05, 4.69) is 15.9 Å². The maximum atomic E-state index is 11.2. The van der Waals surface area contributed by atoms with Crippen LogP contribution in [0.15, 0.2) is 107 Å². The Labute approximate surface area is 231 Å². The molecule has 2 heterocycles. The molecule has 7 nitrogen and oxygen atoms in total. The SMILES string of the molecule is O=[N+]([O-])c1ccc(C2=NN(c3nc(-c4ccccc4)c4cc(Br)ccc4n3)C(c3ccccc3Cl)C2)cc1. The molecule has 0 saturated carbocycles. The van der Waals surface area contributed by atoms with Gasteiger partial charge in [-0.3, -0.25) is 10.1 Å². The van der Waals surface area contributed by atoms with E-state index in [0.717, 1.165) is 43.5 Å². The quantitative estimate of drug-likeness (QED) is 0.154. The summed E-state index contributed by atoms with van der Waals surface area (Å²) < 4.78 is 0.937. The van der Waals surface area contributed by atoms with E-state index >= 15 is 0 Å². The fourth-order valence-corrected chi connectivity index (χ4v) is 5.26. The van der Waals surface area contributed by atoms with E-state index < -0.39 is 4.92 Å². The number of halogens is 2. The first-order valence-corrected chi connectivity index (χ1v) is 13.0. The lowest BCUT2D eigenvalue weighted by atomic mass is 9.98. The summed E-state index contributed by atoms with van der Waals surface area (Å²) >= 11 is 10.2. The largest absolute Gasteiger partial charge is 0.269 e. The second-order valence-corrected chi connectivity index (χ2v) is 10.2. The number of nitro benzene ring substituents is 1. The van der Waals surface area contributed by atoms with Gasteiger partial charge in [0.25, 0.3) is 5.69 Å². The molecule has 1 aliphatic heterocycles. The van der Waals surface area contributed by atoms with Gasteiger partial charge < -0.3 is 0 Å². The van der Waals surface area contributed by atoms with Gasteiger partial charge in [-0.05, 0) is 47.5 Å². The number of rotatable bonds is 5. The van der Waals surface area contributed by atoms with Crippen molar-refractivity contribution in [2.45, 2.75) is 12.5 Å². The third-order valence-corrected chi connectivity index (χ3v) is 7.32. The van der Waals surface area contributed by atoms with Crippen LogP contribution in [0.1, 0.15) is 23.6 Å².